The van der Waals surface area contributed by atoms with Crippen molar-refractivity contribution < 1.29 is 9.59 Å². The molecule has 0 aliphatic heterocycles. The molecule has 0 saturated carbocycles. The van der Waals surface area contributed by atoms with Crippen LogP contribution < -0.4 is 0 Å². The van der Waals surface area contributed by atoms with Crippen molar-refractivity contribution in [2.24, 2.45) is 0 Å². The van der Waals surface area contributed by atoms with Crippen LogP contribution in [-0.4, -0.2) is 41.8 Å². The Morgan fingerprint density at radius 1 is 0.692 bits per heavy atom. The number of nitrogens with zero attached hydrogens (tertiary/aromatic N) is 6. The molecular weight excluding hydrogens is 332 g/mol. The van der Waals surface area contributed by atoms with Crippen molar-refractivity contribution in [2.75, 3.05) is 0 Å². The monoisotopic (exact) mass is 348 g/mol. The molecule has 0 atom stereocenters. The van der Waals surface area contributed by atoms with Crippen molar-refractivity contribution in [1.82, 2.24) is 30.0 Å². The predicted molar refractivity (Wildman–Crippen MR) is 94.8 cm³/mol. The molecule has 130 valence electrons. The standard InChI is InChI=1S/C18H16N6O2/c25-17(23-15-9-3-1-7-13(15)19-21-23)11-5-6-12-18(26)24-16-10-4-2-8-14(16)20-22-24/h1-4,7-10H,5-6,11-12H2. The maximum atomic E-state index is 12.3. The third kappa shape index (κ3) is 2.97. The minimum atomic E-state index is -0.127. The Morgan fingerprint density at radius 2 is 1.12 bits per heavy atom. The van der Waals surface area contributed by atoms with Gasteiger partial charge in [0, 0.05) is 12.8 Å². The number of hydrogen-bond acceptors (Lipinski definition) is 6. The number of rotatable bonds is 5. The highest BCUT2D eigenvalue weighted by molar-refractivity contribution is 5.89. The Labute approximate surface area is 148 Å². The lowest BCUT2D eigenvalue weighted by Gasteiger charge is -2.03. The molecule has 0 aliphatic rings. The maximum Gasteiger partial charge on any atom is 0.248 e. The fraction of sp³-hybridized carbons (Fsp3) is 0.222. The molecule has 0 amide bonds. The van der Waals surface area contributed by atoms with Crippen molar-refractivity contribution in [2.45, 2.75) is 25.7 Å². The van der Waals surface area contributed by atoms with Gasteiger partial charge in [-0.2, -0.15) is 9.36 Å². The van der Waals surface area contributed by atoms with Gasteiger partial charge in [0.1, 0.15) is 11.0 Å². The number of benzene rings is 2. The first kappa shape index (κ1) is 16.1. The highest BCUT2D eigenvalue weighted by Crippen LogP contribution is 2.13. The number of hydrogen-bond donors (Lipinski definition) is 0. The van der Waals surface area contributed by atoms with Crippen LogP contribution in [0.25, 0.3) is 22.1 Å². The highest BCUT2D eigenvalue weighted by atomic mass is 16.2. The third-order valence-electron chi connectivity index (χ3n) is 4.21. The molecule has 2 aromatic carbocycles. The SMILES string of the molecule is O=C(CCCCC(=O)n1nnc2ccccc21)n1nnc2ccccc21. The van der Waals surface area contributed by atoms with Gasteiger partial charge in [0.25, 0.3) is 0 Å². The van der Waals surface area contributed by atoms with Crippen molar-refractivity contribution in [1.29, 1.82) is 0 Å². The zero-order chi connectivity index (χ0) is 17.9. The molecule has 0 bridgehead atoms. The van der Waals surface area contributed by atoms with Crippen molar-refractivity contribution in [3.8, 4) is 0 Å². The van der Waals surface area contributed by atoms with E-state index in [1.165, 1.54) is 9.36 Å². The average Bonchev–Trinajstić information content (AvgIpc) is 3.29. The van der Waals surface area contributed by atoms with Gasteiger partial charge < -0.3 is 0 Å². The fourth-order valence-corrected chi connectivity index (χ4v) is 2.87. The van der Waals surface area contributed by atoms with Crippen LogP contribution in [0.5, 0.6) is 0 Å². The number of unbranched alkanes of at least 4 members (excludes halogenated alkanes) is 1. The molecule has 4 rings (SSSR count). The van der Waals surface area contributed by atoms with Crippen LogP contribution in [0.1, 0.15) is 35.3 Å². The van der Waals surface area contributed by atoms with E-state index in [0.717, 1.165) is 0 Å². The van der Waals surface area contributed by atoms with Gasteiger partial charge in [-0.1, -0.05) is 34.7 Å². The molecular formula is C18H16N6O2. The Bertz CT molecular complexity index is 1010. The predicted octanol–water partition coefficient (Wildman–Crippen LogP) is 2.72. The van der Waals surface area contributed by atoms with Gasteiger partial charge in [-0.3, -0.25) is 9.59 Å². The van der Waals surface area contributed by atoms with Crippen LogP contribution >= 0.6 is 0 Å². The van der Waals surface area contributed by atoms with Gasteiger partial charge in [-0.15, -0.1) is 10.2 Å². The summed E-state index contributed by atoms with van der Waals surface area (Å²) in [4.78, 5) is 24.6. The second-order valence-electron chi connectivity index (χ2n) is 5.97. The quantitative estimate of drug-likeness (QED) is 0.515. The van der Waals surface area contributed by atoms with Gasteiger partial charge >= 0.3 is 0 Å². The van der Waals surface area contributed by atoms with Crippen LogP contribution in [0.2, 0.25) is 0 Å². The minimum absolute atomic E-state index is 0.127. The molecule has 0 fully saturated rings. The van der Waals surface area contributed by atoms with E-state index in [2.05, 4.69) is 20.6 Å². The van der Waals surface area contributed by atoms with E-state index < -0.39 is 0 Å². The summed E-state index contributed by atoms with van der Waals surface area (Å²) < 4.78 is 2.64. The van der Waals surface area contributed by atoms with Gasteiger partial charge in [0.2, 0.25) is 11.8 Å². The van der Waals surface area contributed by atoms with Gasteiger partial charge in [-0.05, 0) is 37.1 Å². The van der Waals surface area contributed by atoms with Crippen LogP contribution in [0.4, 0.5) is 0 Å². The maximum absolute atomic E-state index is 12.3. The molecule has 8 heteroatoms. The van der Waals surface area contributed by atoms with E-state index in [1.54, 1.807) is 0 Å². The minimum Gasteiger partial charge on any atom is -0.273 e. The summed E-state index contributed by atoms with van der Waals surface area (Å²) in [7, 11) is 0. The van der Waals surface area contributed by atoms with Crippen LogP contribution in [-0.2, 0) is 0 Å². The number of aromatic nitrogens is 6. The lowest BCUT2D eigenvalue weighted by Crippen LogP contribution is -2.14. The van der Waals surface area contributed by atoms with Crippen LogP contribution in [0.15, 0.2) is 48.5 Å². The number of carbonyl (C=O) groups excluding carboxylic acids is 2. The summed E-state index contributed by atoms with van der Waals surface area (Å²) in [5, 5.41) is 15.8. The smallest absolute Gasteiger partial charge is 0.248 e. The van der Waals surface area contributed by atoms with Gasteiger partial charge in [-0.25, -0.2) is 0 Å². The molecule has 26 heavy (non-hydrogen) atoms. The molecule has 0 N–H and O–H groups in total. The summed E-state index contributed by atoms with van der Waals surface area (Å²) >= 11 is 0. The van der Waals surface area contributed by atoms with Crippen LogP contribution in [0, 0.1) is 0 Å². The zero-order valence-corrected chi connectivity index (χ0v) is 13.9. The first-order chi connectivity index (χ1) is 12.7. The van der Waals surface area contributed by atoms with E-state index in [-0.39, 0.29) is 11.8 Å². The van der Waals surface area contributed by atoms with E-state index in [0.29, 0.717) is 47.8 Å². The summed E-state index contributed by atoms with van der Waals surface area (Å²) in [5.74, 6) is -0.255. The molecule has 8 nitrogen and oxygen atoms in total. The summed E-state index contributed by atoms with van der Waals surface area (Å²) in [6.45, 7) is 0. The van der Waals surface area contributed by atoms with Crippen molar-refractivity contribution >= 4 is 33.9 Å². The third-order valence-corrected chi connectivity index (χ3v) is 4.21. The molecule has 0 unspecified atom stereocenters. The topological polar surface area (TPSA) is 95.6 Å². The molecule has 0 aliphatic carbocycles. The van der Waals surface area contributed by atoms with E-state index in [9.17, 15) is 9.59 Å². The largest absolute Gasteiger partial charge is 0.273 e. The lowest BCUT2D eigenvalue weighted by atomic mass is 10.1. The lowest BCUT2D eigenvalue weighted by molar-refractivity contribution is 0.0860. The summed E-state index contributed by atoms with van der Waals surface area (Å²) in [6.07, 6.45) is 1.79. The van der Waals surface area contributed by atoms with Gasteiger partial charge in [0.15, 0.2) is 0 Å². The zero-order valence-electron chi connectivity index (χ0n) is 13.9. The fourth-order valence-electron chi connectivity index (χ4n) is 2.87. The molecule has 4 aromatic rings. The molecule has 2 heterocycles. The van der Waals surface area contributed by atoms with E-state index in [4.69, 9.17) is 0 Å². The Balaban J connectivity index is 1.33. The number of fused-ring (bicyclic) bond motifs is 2. The highest BCUT2D eigenvalue weighted by Gasteiger charge is 2.13. The summed E-state index contributed by atoms with van der Waals surface area (Å²) in [6, 6.07) is 14.6. The van der Waals surface area contributed by atoms with Gasteiger partial charge in [0.05, 0.1) is 11.0 Å². The first-order valence-corrected chi connectivity index (χ1v) is 8.41. The molecule has 0 radical (unpaired) electrons. The second kappa shape index (κ2) is 6.83. The number of carbonyl (C=O) groups is 2. The number of para-hydroxylation sites is 2. The van der Waals surface area contributed by atoms with Crippen LogP contribution in [0.3, 0.4) is 0 Å². The Kier molecular flexibility index (Phi) is 4.22. The second-order valence-corrected chi connectivity index (χ2v) is 5.97. The molecule has 0 spiro atoms. The van der Waals surface area contributed by atoms with E-state index in [1.807, 2.05) is 48.5 Å². The van der Waals surface area contributed by atoms with E-state index >= 15 is 0 Å². The Hall–Kier alpha value is -3.42. The Morgan fingerprint density at radius 3 is 1.58 bits per heavy atom. The van der Waals surface area contributed by atoms with Crippen molar-refractivity contribution in [3.05, 3.63) is 48.5 Å². The molecule has 0 saturated heterocycles. The summed E-state index contributed by atoms with van der Waals surface area (Å²) in [5.41, 5.74) is 2.77. The average molecular weight is 348 g/mol. The first-order valence-electron chi connectivity index (χ1n) is 8.41. The van der Waals surface area contributed by atoms with Crippen molar-refractivity contribution in [3.63, 3.8) is 0 Å². The normalized spacial score (nSPS) is 11.2. The molecule has 2 aromatic heterocycles.